The number of fused-ring (bicyclic) bond motifs is 11. The zero-order valence-corrected chi connectivity index (χ0v) is 29.1. The highest BCUT2D eigenvalue weighted by molar-refractivity contribution is 6.23. The lowest BCUT2D eigenvalue weighted by Gasteiger charge is -2.11. The molecule has 0 fully saturated rings. The van der Waals surface area contributed by atoms with Crippen molar-refractivity contribution in [1.29, 1.82) is 0 Å². The average Bonchev–Trinajstić information content (AvgIpc) is 3.97. The molecule has 4 heterocycles. The van der Waals surface area contributed by atoms with E-state index in [0.717, 1.165) is 55.8 Å². The van der Waals surface area contributed by atoms with Crippen LogP contribution < -0.4 is 0 Å². The first-order chi connectivity index (χ1) is 26.8. The van der Waals surface area contributed by atoms with Crippen LogP contribution in [0.15, 0.2) is 192 Å². The summed E-state index contributed by atoms with van der Waals surface area (Å²) in [6.07, 6.45) is 0. The van der Waals surface area contributed by atoms with Crippen LogP contribution >= 0.6 is 0 Å². The molecule has 252 valence electrons. The summed E-state index contributed by atoms with van der Waals surface area (Å²) in [6.45, 7) is 0. The van der Waals surface area contributed by atoms with Crippen molar-refractivity contribution in [2.75, 3.05) is 0 Å². The average molecular weight is 690 g/mol. The molecule has 12 rings (SSSR count). The fraction of sp³-hybridized carbons (Fsp3) is 0. The van der Waals surface area contributed by atoms with E-state index in [4.69, 9.17) is 4.42 Å². The Balaban J connectivity index is 1.03. The molecule has 0 aliphatic heterocycles. The third-order valence-electron chi connectivity index (χ3n) is 11.3. The van der Waals surface area contributed by atoms with Gasteiger partial charge in [0.1, 0.15) is 5.58 Å². The van der Waals surface area contributed by atoms with Gasteiger partial charge in [-0.3, -0.25) is 4.57 Å². The van der Waals surface area contributed by atoms with E-state index in [1.54, 1.807) is 0 Å². The van der Waals surface area contributed by atoms with Crippen LogP contribution in [0, 0.1) is 0 Å². The molecule has 12 aromatic rings. The molecule has 0 unspecified atom stereocenters. The standard InChI is InChI=1S/C50H31N3O/c1-2-13-33(14-3-1)53-45-23-11-7-18-40(45)49-48-36(19-12-24-47(48)54-50(49)53)32-25-27-34(28-26-32)51-44-22-10-6-17-39(44)41-31-35(29-30-46(41)51)52-42-20-8-4-15-37(42)38-16-5-9-21-43(38)52/h1-31H. The van der Waals surface area contributed by atoms with Gasteiger partial charge < -0.3 is 13.6 Å². The maximum atomic E-state index is 6.70. The summed E-state index contributed by atoms with van der Waals surface area (Å²) < 4.78 is 13.7. The second-order valence-corrected chi connectivity index (χ2v) is 14.1. The van der Waals surface area contributed by atoms with Gasteiger partial charge in [0.2, 0.25) is 5.71 Å². The fourth-order valence-electron chi connectivity index (χ4n) is 8.98. The van der Waals surface area contributed by atoms with Gasteiger partial charge >= 0.3 is 0 Å². The van der Waals surface area contributed by atoms with Crippen LogP contribution in [0.3, 0.4) is 0 Å². The van der Waals surface area contributed by atoms with Crippen LogP contribution in [0.4, 0.5) is 0 Å². The largest absolute Gasteiger partial charge is 0.439 e. The number of hydrogen-bond acceptors (Lipinski definition) is 1. The lowest BCUT2D eigenvalue weighted by molar-refractivity contribution is 0.645. The minimum absolute atomic E-state index is 0.868. The van der Waals surface area contributed by atoms with Crippen molar-refractivity contribution < 1.29 is 4.42 Å². The number of rotatable bonds is 4. The van der Waals surface area contributed by atoms with E-state index in [0.29, 0.717) is 0 Å². The molecule has 0 saturated heterocycles. The molecule has 54 heavy (non-hydrogen) atoms. The summed E-state index contributed by atoms with van der Waals surface area (Å²) in [6, 6.07) is 67.6. The van der Waals surface area contributed by atoms with Crippen molar-refractivity contribution in [2.24, 2.45) is 0 Å². The van der Waals surface area contributed by atoms with Crippen LogP contribution in [-0.4, -0.2) is 13.7 Å². The lowest BCUT2D eigenvalue weighted by Crippen LogP contribution is -1.96. The van der Waals surface area contributed by atoms with Crippen molar-refractivity contribution in [3.63, 3.8) is 0 Å². The Kier molecular flexibility index (Phi) is 6.02. The summed E-state index contributed by atoms with van der Waals surface area (Å²) in [5.74, 6) is 0. The predicted octanol–water partition coefficient (Wildman–Crippen LogP) is 13.4. The van der Waals surface area contributed by atoms with E-state index in [1.165, 1.54) is 49.0 Å². The van der Waals surface area contributed by atoms with Crippen LogP contribution in [0.5, 0.6) is 0 Å². The van der Waals surface area contributed by atoms with Gasteiger partial charge in [-0.25, -0.2) is 0 Å². The molecule has 0 amide bonds. The molecule has 4 aromatic heterocycles. The second kappa shape index (κ2) is 11.1. The van der Waals surface area contributed by atoms with Crippen LogP contribution in [0.2, 0.25) is 0 Å². The Morgan fingerprint density at radius 1 is 0.315 bits per heavy atom. The van der Waals surface area contributed by atoms with Crippen molar-refractivity contribution in [2.45, 2.75) is 0 Å². The molecule has 0 spiro atoms. The van der Waals surface area contributed by atoms with Gasteiger partial charge in [-0.1, -0.05) is 115 Å². The summed E-state index contributed by atoms with van der Waals surface area (Å²) in [4.78, 5) is 0. The monoisotopic (exact) mass is 689 g/mol. The summed E-state index contributed by atoms with van der Waals surface area (Å²) in [5, 5.41) is 8.47. The molecule has 0 aliphatic rings. The minimum Gasteiger partial charge on any atom is -0.439 e. The number of aromatic nitrogens is 3. The van der Waals surface area contributed by atoms with Gasteiger partial charge in [0.25, 0.3) is 0 Å². The van der Waals surface area contributed by atoms with Crippen molar-refractivity contribution in [3.05, 3.63) is 188 Å². The third kappa shape index (κ3) is 4.02. The molecular weight excluding hydrogens is 659 g/mol. The molecule has 4 heteroatoms. The molecule has 0 radical (unpaired) electrons. The fourth-order valence-corrected chi connectivity index (χ4v) is 8.98. The lowest BCUT2D eigenvalue weighted by atomic mass is 9.99. The van der Waals surface area contributed by atoms with Gasteiger partial charge in [0, 0.05) is 49.4 Å². The maximum absolute atomic E-state index is 6.70. The van der Waals surface area contributed by atoms with E-state index in [9.17, 15) is 0 Å². The van der Waals surface area contributed by atoms with Gasteiger partial charge in [-0.05, 0) is 83.9 Å². The van der Waals surface area contributed by atoms with Gasteiger partial charge in [-0.15, -0.1) is 0 Å². The topological polar surface area (TPSA) is 27.9 Å². The summed E-state index contributed by atoms with van der Waals surface area (Å²) in [5.41, 5.74) is 13.4. The van der Waals surface area contributed by atoms with E-state index < -0.39 is 0 Å². The molecule has 0 saturated carbocycles. The first-order valence-corrected chi connectivity index (χ1v) is 18.4. The van der Waals surface area contributed by atoms with E-state index in [1.807, 2.05) is 0 Å². The molecule has 4 nitrogen and oxygen atoms in total. The first-order valence-electron chi connectivity index (χ1n) is 18.4. The number of furan rings is 1. The number of hydrogen-bond donors (Lipinski definition) is 0. The zero-order valence-electron chi connectivity index (χ0n) is 29.1. The molecule has 0 N–H and O–H groups in total. The first kappa shape index (κ1) is 29.3. The summed E-state index contributed by atoms with van der Waals surface area (Å²) >= 11 is 0. The molecular formula is C50H31N3O. The summed E-state index contributed by atoms with van der Waals surface area (Å²) in [7, 11) is 0. The van der Waals surface area contributed by atoms with Crippen molar-refractivity contribution in [1.82, 2.24) is 13.7 Å². The normalized spacial score (nSPS) is 12.1. The van der Waals surface area contributed by atoms with Crippen molar-refractivity contribution >= 4 is 76.6 Å². The van der Waals surface area contributed by atoms with E-state index >= 15 is 0 Å². The van der Waals surface area contributed by atoms with Gasteiger partial charge in [-0.2, -0.15) is 0 Å². The predicted molar refractivity (Wildman–Crippen MR) is 225 cm³/mol. The smallest absolute Gasteiger partial charge is 0.213 e. The number of benzene rings is 8. The Hall–Kier alpha value is -7.30. The van der Waals surface area contributed by atoms with Crippen molar-refractivity contribution in [3.8, 4) is 28.2 Å². The molecule has 0 aliphatic carbocycles. The van der Waals surface area contributed by atoms with Crippen LogP contribution in [-0.2, 0) is 0 Å². The quantitative estimate of drug-likeness (QED) is 0.181. The Morgan fingerprint density at radius 3 is 1.48 bits per heavy atom. The molecule has 8 aromatic carbocycles. The van der Waals surface area contributed by atoms with Crippen LogP contribution in [0.25, 0.3) is 105 Å². The molecule has 0 atom stereocenters. The van der Waals surface area contributed by atoms with E-state index in [-0.39, 0.29) is 0 Å². The minimum atomic E-state index is 0.868. The zero-order chi connectivity index (χ0) is 35.3. The number of para-hydroxylation sites is 5. The third-order valence-corrected chi connectivity index (χ3v) is 11.3. The number of nitrogens with zero attached hydrogens (tertiary/aromatic N) is 3. The van der Waals surface area contributed by atoms with Gasteiger partial charge in [0.05, 0.1) is 33.0 Å². The highest BCUT2D eigenvalue weighted by atomic mass is 16.3. The second-order valence-electron chi connectivity index (χ2n) is 14.1. The Labute approximate surface area is 309 Å². The van der Waals surface area contributed by atoms with Crippen LogP contribution in [0.1, 0.15) is 0 Å². The Morgan fingerprint density at radius 2 is 0.815 bits per heavy atom. The SMILES string of the molecule is c1ccc(-n2c3ccccc3c3c4c(-c5ccc(-n6c7ccccc7c7cc(-n8c9ccccc9c9ccccc98)ccc76)cc5)cccc4oc32)cc1. The van der Waals surface area contributed by atoms with Gasteiger partial charge in [0.15, 0.2) is 0 Å². The molecule has 0 bridgehead atoms. The van der Waals surface area contributed by atoms with E-state index in [2.05, 4.69) is 202 Å². The highest BCUT2D eigenvalue weighted by Gasteiger charge is 2.22. The Bertz CT molecular complexity index is 3380. The highest BCUT2D eigenvalue weighted by Crippen LogP contribution is 2.43. The maximum Gasteiger partial charge on any atom is 0.213 e.